The van der Waals surface area contributed by atoms with Gasteiger partial charge >= 0.3 is 6.18 Å². The van der Waals surface area contributed by atoms with Crippen molar-refractivity contribution in [1.29, 1.82) is 0 Å². The zero-order valence-electron chi connectivity index (χ0n) is 19.4. The Morgan fingerprint density at radius 3 is 2.45 bits per heavy atom. The fourth-order valence-corrected chi connectivity index (χ4v) is 4.96. The summed E-state index contributed by atoms with van der Waals surface area (Å²) in [5.41, 5.74) is -1.64. The first-order valence-electron chi connectivity index (χ1n) is 12.1. The zero-order valence-corrected chi connectivity index (χ0v) is 19.4. The standard InChI is InChI=1S/C25H34F4N2O2/c1-24(2,25(27,28)29)15-31-10-7-16(8-11-31)21-13-17(21)9-12-33-19-5-6-20(22(26)14-19)23(32)30-18-3-4-18/h5-6,14,16-18,21H,3-4,7-13,15H2,1-2H3,(H,30,32)/t17?,21-/m1/s1. The molecule has 184 valence electrons. The van der Waals surface area contributed by atoms with Gasteiger partial charge in [-0.3, -0.25) is 4.79 Å². The van der Waals surface area contributed by atoms with Crippen molar-refractivity contribution in [3.05, 3.63) is 29.6 Å². The molecule has 2 aliphatic carbocycles. The van der Waals surface area contributed by atoms with E-state index in [4.69, 9.17) is 4.74 Å². The molecule has 1 aromatic rings. The van der Waals surface area contributed by atoms with Gasteiger partial charge in [0.05, 0.1) is 17.6 Å². The molecule has 3 aliphatic rings. The molecule has 2 saturated carbocycles. The lowest BCUT2D eigenvalue weighted by Gasteiger charge is -2.38. The van der Waals surface area contributed by atoms with E-state index in [2.05, 4.69) is 5.32 Å². The summed E-state index contributed by atoms with van der Waals surface area (Å²) in [6.45, 7) is 4.56. The van der Waals surface area contributed by atoms with Gasteiger partial charge in [0.1, 0.15) is 11.6 Å². The van der Waals surface area contributed by atoms with E-state index < -0.39 is 17.4 Å². The average Bonchev–Trinajstić information content (AvgIpc) is 3.64. The van der Waals surface area contributed by atoms with Crippen LogP contribution in [0.4, 0.5) is 17.6 Å². The molecule has 1 N–H and O–H groups in total. The van der Waals surface area contributed by atoms with Crippen molar-refractivity contribution in [2.45, 2.75) is 64.6 Å². The number of piperidine rings is 1. The summed E-state index contributed by atoms with van der Waals surface area (Å²) in [7, 11) is 0. The number of rotatable bonds is 9. The van der Waals surface area contributed by atoms with Crippen LogP contribution in [0.3, 0.4) is 0 Å². The summed E-state index contributed by atoms with van der Waals surface area (Å²) in [5.74, 6) is 1.24. The lowest BCUT2D eigenvalue weighted by Crippen LogP contribution is -2.46. The number of halogens is 4. The third-order valence-electron chi connectivity index (χ3n) is 7.46. The lowest BCUT2D eigenvalue weighted by molar-refractivity contribution is -0.217. The predicted molar refractivity (Wildman–Crippen MR) is 118 cm³/mol. The molecule has 1 amide bonds. The number of hydrogen-bond acceptors (Lipinski definition) is 3. The van der Waals surface area contributed by atoms with Crippen LogP contribution >= 0.6 is 0 Å². The summed E-state index contributed by atoms with van der Waals surface area (Å²) in [6, 6.07) is 4.55. The first-order valence-corrected chi connectivity index (χ1v) is 12.1. The van der Waals surface area contributed by atoms with Crippen LogP contribution in [0.5, 0.6) is 5.75 Å². The summed E-state index contributed by atoms with van der Waals surface area (Å²) in [5, 5.41) is 2.78. The Bertz CT molecular complexity index is 845. The normalized spacial score (nSPS) is 24.5. The van der Waals surface area contributed by atoms with Crippen molar-refractivity contribution in [3.8, 4) is 5.75 Å². The maximum Gasteiger partial charge on any atom is 0.395 e. The first-order chi connectivity index (χ1) is 15.5. The third-order valence-corrected chi connectivity index (χ3v) is 7.46. The second kappa shape index (κ2) is 9.43. The van der Waals surface area contributed by atoms with Gasteiger partial charge in [0, 0.05) is 18.7 Å². The van der Waals surface area contributed by atoms with E-state index in [0.29, 0.717) is 30.1 Å². The molecule has 33 heavy (non-hydrogen) atoms. The van der Waals surface area contributed by atoms with Gasteiger partial charge in [-0.15, -0.1) is 0 Å². The van der Waals surface area contributed by atoms with Crippen LogP contribution in [0.15, 0.2) is 18.2 Å². The monoisotopic (exact) mass is 470 g/mol. The quantitative estimate of drug-likeness (QED) is 0.490. The molecule has 1 heterocycles. The van der Waals surface area contributed by atoms with Gasteiger partial charge in [0.15, 0.2) is 0 Å². The minimum atomic E-state index is -4.18. The van der Waals surface area contributed by atoms with Crippen molar-refractivity contribution in [3.63, 3.8) is 0 Å². The molecule has 0 bridgehead atoms. The molecule has 4 rings (SSSR count). The Hall–Kier alpha value is -1.83. The van der Waals surface area contributed by atoms with Crippen molar-refractivity contribution in [1.82, 2.24) is 10.2 Å². The van der Waals surface area contributed by atoms with Crippen LogP contribution in [0.1, 0.15) is 62.7 Å². The molecule has 1 aliphatic heterocycles. The predicted octanol–water partition coefficient (Wildman–Crippen LogP) is 5.42. The van der Waals surface area contributed by atoms with Crippen LogP contribution in [-0.2, 0) is 0 Å². The Balaban J connectivity index is 1.15. The first kappa shape index (κ1) is 24.3. The number of nitrogens with one attached hydrogen (secondary N) is 1. The van der Waals surface area contributed by atoms with Crippen molar-refractivity contribution in [2.75, 3.05) is 26.2 Å². The van der Waals surface area contributed by atoms with Gasteiger partial charge in [-0.05, 0) is 95.3 Å². The Kier molecular flexibility index (Phi) is 6.95. The van der Waals surface area contributed by atoms with Gasteiger partial charge in [-0.1, -0.05) is 0 Å². The number of carbonyl (C=O) groups excluding carboxylic acids is 1. The number of hydrogen-bond donors (Lipinski definition) is 1. The maximum atomic E-state index is 14.3. The highest BCUT2D eigenvalue weighted by Crippen LogP contribution is 2.50. The van der Waals surface area contributed by atoms with Crippen molar-refractivity contribution in [2.24, 2.45) is 23.2 Å². The fourth-order valence-electron chi connectivity index (χ4n) is 4.96. The van der Waals surface area contributed by atoms with Gasteiger partial charge < -0.3 is 15.0 Å². The van der Waals surface area contributed by atoms with Crippen molar-refractivity contribution >= 4 is 5.91 Å². The molecule has 0 aromatic heterocycles. The molecule has 1 unspecified atom stereocenters. The molecule has 8 heteroatoms. The number of alkyl halides is 3. The maximum absolute atomic E-state index is 14.3. The van der Waals surface area contributed by atoms with E-state index in [1.165, 1.54) is 26.0 Å². The Morgan fingerprint density at radius 2 is 1.85 bits per heavy atom. The molecule has 0 spiro atoms. The SMILES string of the molecule is CC(C)(CN1CCC([C@H]2CC2CCOc2ccc(C(=O)NC3CC3)c(F)c2)CC1)C(F)(F)F. The van der Waals surface area contributed by atoms with Gasteiger partial charge in [-0.25, -0.2) is 4.39 Å². The van der Waals surface area contributed by atoms with Gasteiger partial charge in [0.25, 0.3) is 5.91 Å². The molecular weight excluding hydrogens is 436 g/mol. The van der Waals surface area contributed by atoms with E-state index in [-0.39, 0.29) is 24.1 Å². The summed E-state index contributed by atoms with van der Waals surface area (Å²) in [4.78, 5) is 14.0. The van der Waals surface area contributed by atoms with Crippen molar-refractivity contribution < 1.29 is 27.1 Å². The second-order valence-electron chi connectivity index (χ2n) is 10.7. The third kappa shape index (κ3) is 6.19. The smallest absolute Gasteiger partial charge is 0.395 e. The second-order valence-corrected chi connectivity index (χ2v) is 10.7. The minimum absolute atomic E-state index is 0.0430. The van der Waals surface area contributed by atoms with Crippen LogP contribution < -0.4 is 10.1 Å². The van der Waals surface area contributed by atoms with E-state index >= 15 is 0 Å². The topological polar surface area (TPSA) is 41.6 Å². The van der Waals surface area contributed by atoms with Crippen LogP contribution in [0.25, 0.3) is 0 Å². The summed E-state index contributed by atoms with van der Waals surface area (Å²) >= 11 is 0. The molecule has 2 atom stereocenters. The minimum Gasteiger partial charge on any atom is -0.493 e. The summed E-state index contributed by atoms with van der Waals surface area (Å²) in [6.07, 6.45) is 1.64. The van der Waals surface area contributed by atoms with Gasteiger partial charge in [0.2, 0.25) is 0 Å². The highest BCUT2D eigenvalue weighted by atomic mass is 19.4. The highest BCUT2D eigenvalue weighted by Gasteiger charge is 2.49. The number of carbonyl (C=O) groups is 1. The Morgan fingerprint density at radius 1 is 1.15 bits per heavy atom. The van der Waals surface area contributed by atoms with Crippen LogP contribution in [-0.4, -0.2) is 49.3 Å². The van der Waals surface area contributed by atoms with Gasteiger partial charge in [-0.2, -0.15) is 13.2 Å². The van der Waals surface area contributed by atoms with E-state index in [1.54, 1.807) is 6.07 Å². The molecule has 1 saturated heterocycles. The molecule has 0 radical (unpaired) electrons. The van der Waals surface area contributed by atoms with Crippen LogP contribution in [0, 0.1) is 29.0 Å². The summed E-state index contributed by atoms with van der Waals surface area (Å²) < 4.78 is 59.4. The number of ether oxygens (including phenoxy) is 1. The lowest BCUT2D eigenvalue weighted by atomic mass is 9.87. The largest absolute Gasteiger partial charge is 0.493 e. The highest BCUT2D eigenvalue weighted by molar-refractivity contribution is 5.95. The average molecular weight is 471 g/mol. The van der Waals surface area contributed by atoms with E-state index in [1.807, 2.05) is 4.90 Å². The Labute approximate surface area is 193 Å². The fraction of sp³-hybridized carbons (Fsp3) is 0.720. The molecule has 1 aromatic carbocycles. The number of likely N-dealkylation sites (tertiary alicyclic amines) is 1. The van der Waals surface area contributed by atoms with E-state index in [0.717, 1.165) is 51.6 Å². The molecule has 3 fully saturated rings. The number of amides is 1. The number of benzene rings is 1. The zero-order chi connectivity index (χ0) is 23.8. The molecular formula is C25H34F4N2O2. The van der Waals surface area contributed by atoms with E-state index in [9.17, 15) is 22.4 Å². The van der Waals surface area contributed by atoms with Crippen LogP contribution in [0.2, 0.25) is 0 Å². The molecule has 4 nitrogen and oxygen atoms in total. The number of nitrogens with zero attached hydrogens (tertiary/aromatic N) is 1.